The van der Waals surface area contributed by atoms with Crippen molar-refractivity contribution in [1.29, 1.82) is 0 Å². The van der Waals surface area contributed by atoms with Crippen molar-refractivity contribution in [2.24, 2.45) is 5.92 Å². The van der Waals surface area contributed by atoms with Crippen LogP contribution in [0.2, 0.25) is 0 Å². The minimum atomic E-state index is 0.873. The van der Waals surface area contributed by atoms with Crippen molar-refractivity contribution in [2.45, 2.75) is 32.2 Å². The van der Waals surface area contributed by atoms with Crippen LogP contribution in [0, 0.1) is 5.92 Å². The molecule has 0 N–H and O–H groups in total. The van der Waals surface area contributed by atoms with Gasteiger partial charge < -0.3 is 4.90 Å². The highest BCUT2D eigenvalue weighted by atomic mass is 15.2. The van der Waals surface area contributed by atoms with Crippen LogP contribution in [0.4, 0.5) is 0 Å². The predicted molar refractivity (Wildman–Crippen MR) is 55.9 cm³/mol. The fourth-order valence-electron chi connectivity index (χ4n) is 2.60. The van der Waals surface area contributed by atoms with E-state index in [4.69, 9.17) is 0 Å². The van der Waals surface area contributed by atoms with Crippen LogP contribution in [-0.4, -0.2) is 49.1 Å². The summed E-state index contributed by atoms with van der Waals surface area (Å²) in [6.07, 6.45) is 4.23. The summed E-state index contributed by atoms with van der Waals surface area (Å²) in [5, 5.41) is 0. The molecule has 0 saturated carbocycles. The summed E-state index contributed by atoms with van der Waals surface area (Å²) < 4.78 is 0. The van der Waals surface area contributed by atoms with Gasteiger partial charge in [-0.2, -0.15) is 0 Å². The van der Waals surface area contributed by atoms with Gasteiger partial charge >= 0.3 is 0 Å². The molecule has 76 valence electrons. The molecule has 2 fully saturated rings. The molecule has 0 aromatic rings. The van der Waals surface area contributed by atoms with Gasteiger partial charge in [0.15, 0.2) is 0 Å². The normalized spacial score (nSPS) is 34.2. The second kappa shape index (κ2) is 3.97. The van der Waals surface area contributed by atoms with Crippen molar-refractivity contribution in [2.75, 3.05) is 33.2 Å². The molecule has 2 heteroatoms. The van der Waals surface area contributed by atoms with Gasteiger partial charge in [-0.3, -0.25) is 4.90 Å². The van der Waals surface area contributed by atoms with Crippen molar-refractivity contribution < 1.29 is 0 Å². The molecular weight excluding hydrogens is 160 g/mol. The molecule has 2 aliphatic rings. The van der Waals surface area contributed by atoms with Crippen molar-refractivity contribution in [1.82, 2.24) is 9.80 Å². The molecule has 0 bridgehead atoms. The first-order chi connectivity index (χ1) is 6.25. The maximum Gasteiger partial charge on any atom is 0.0235 e. The third kappa shape index (κ3) is 2.23. The average Bonchev–Trinajstić information content (AvgIpc) is 2.53. The molecule has 0 radical (unpaired) electrons. The van der Waals surface area contributed by atoms with E-state index >= 15 is 0 Å². The zero-order valence-corrected chi connectivity index (χ0v) is 9.00. The highest BCUT2D eigenvalue weighted by Gasteiger charge is 2.27. The van der Waals surface area contributed by atoms with E-state index in [0.717, 1.165) is 12.0 Å². The van der Waals surface area contributed by atoms with E-state index < -0.39 is 0 Å². The molecule has 2 rings (SSSR count). The van der Waals surface area contributed by atoms with Gasteiger partial charge in [-0.1, -0.05) is 6.92 Å². The molecule has 13 heavy (non-hydrogen) atoms. The van der Waals surface area contributed by atoms with Gasteiger partial charge in [0.05, 0.1) is 0 Å². The van der Waals surface area contributed by atoms with Crippen molar-refractivity contribution in [3.05, 3.63) is 0 Å². The number of likely N-dealkylation sites (N-methyl/N-ethyl adjacent to an activating group) is 1. The van der Waals surface area contributed by atoms with Crippen LogP contribution < -0.4 is 0 Å². The Morgan fingerprint density at radius 1 is 1.00 bits per heavy atom. The van der Waals surface area contributed by atoms with Gasteiger partial charge in [-0.05, 0) is 51.9 Å². The van der Waals surface area contributed by atoms with Crippen LogP contribution in [0.5, 0.6) is 0 Å². The molecule has 2 aliphatic heterocycles. The van der Waals surface area contributed by atoms with Gasteiger partial charge in [0.2, 0.25) is 0 Å². The second-order valence-electron chi connectivity index (χ2n) is 4.92. The van der Waals surface area contributed by atoms with E-state index in [0.29, 0.717) is 0 Å². The van der Waals surface area contributed by atoms with Crippen LogP contribution in [0.1, 0.15) is 26.2 Å². The summed E-state index contributed by atoms with van der Waals surface area (Å²) in [5.74, 6) is 0.968. The van der Waals surface area contributed by atoms with Crippen molar-refractivity contribution in [3.63, 3.8) is 0 Å². The Balaban J connectivity index is 1.81. The number of piperidine rings is 1. The molecule has 2 heterocycles. The number of likely N-dealkylation sites (tertiary alicyclic amines) is 2. The van der Waals surface area contributed by atoms with Crippen molar-refractivity contribution >= 4 is 0 Å². The summed E-state index contributed by atoms with van der Waals surface area (Å²) in [4.78, 5) is 5.17. The lowest BCUT2D eigenvalue weighted by molar-refractivity contribution is 0.140. The fraction of sp³-hybridized carbons (Fsp3) is 1.00. The topological polar surface area (TPSA) is 6.48 Å². The van der Waals surface area contributed by atoms with E-state index in [9.17, 15) is 0 Å². The molecule has 2 nitrogen and oxygen atoms in total. The first kappa shape index (κ1) is 9.47. The lowest BCUT2D eigenvalue weighted by Crippen LogP contribution is -2.42. The zero-order valence-electron chi connectivity index (χ0n) is 9.00. The summed E-state index contributed by atoms with van der Waals surface area (Å²) >= 11 is 0. The molecule has 0 unspecified atom stereocenters. The third-order valence-electron chi connectivity index (χ3n) is 3.70. The third-order valence-corrected chi connectivity index (χ3v) is 3.70. The summed E-state index contributed by atoms with van der Waals surface area (Å²) in [6.45, 7) is 7.68. The molecule has 0 aliphatic carbocycles. The Morgan fingerprint density at radius 3 is 2.23 bits per heavy atom. The quantitative estimate of drug-likeness (QED) is 0.605. The van der Waals surface area contributed by atoms with Crippen LogP contribution in [-0.2, 0) is 0 Å². The van der Waals surface area contributed by atoms with Gasteiger partial charge in [-0.15, -0.1) is 0 Å². The van der Waals surface area contributed by atoms with E-state index in [1.165, 1.54) is 45.4 Å². The largest absolute Gasteiger partial charge is 0.305 e. The molecule has 1 atom stereocenters. The number of nitrogens with zero attached hydrogens (tertiary/aromatic N) is 2. The zero-order chi connectivity index (χ0) is 9.26. The monoisotopic (exact) mass is 182 g/mol. The first-order valence-electron chi connectivity index (χ1n) is 5.68. The summed E-state index contributed by atoms with van der Waals surface area (Å²) in [6, 6.07) is 0.873. The molecule has 0 aromatic carbocycles. The lowest BCUT2D eigenvalue weighted by atomic mass is 9.98. The first-order valence-corrected chi connectivity index (χ1v) is 5.68. The van der Waals surface area contributed by atoms with Crippen LogP contribution in [0.3, 0.4) is 0 Å². The average molecular weight is 182 g/mol. The molecular formula is C11H22N2. The number of hydrogen-bond acceptors (Lipinski definition) is 2. The lowest BCUT2D eigenvalue weighted by Gasteiger charge is -2.34. The second-order valence-corrected chi connectivity index (χ2v) is 4.92. The number of hydrogen-bond donors (Lipinski definition) is 0. The van der Waals surface area contributed by atoms with E-state index in [1.807, 2.05) is 0 Å². The maximum absolute atomic E-state index is 2.71. The van der Waals surface area contributed by atoms with Gasteiger partial charge in [0.1, 0.15) is 0 Å². The molecule has 2 saturated heterocycles. The van der Waals surface area contributed by atoms with Crippen molar-refractivity contribution in [3.8, 4) is 0 Å². The molecule has 0 amide bonds. The smallest absolute Gasteiger partial charge is 0.0235 e. The Bertz CT molecular complexity index is 161. The Morgan fingerprint density at radius 2 is 1.69 bits per heavy atom. The maximum atomic E-state index is 2.71. The highest BCUT2D eigenvalue weighted by molar-refractivity contribution is 4.84. The minimum absolute atomic E-state index is 0.873. The standard InChI is InChI=1S/C11H22N2/c1-10-3-7-13(8-4-10)11-5-6-12(2)9-11/h10-11H,3-9H2,1-2H3/t11-/m0/s1. The van der Waals surface area contributed by atoms with E-state index in [1.54, 1.807) is 0 Å². The minimum Gasteiger partial charge on any atom is -0.305 e. The fourth-order valence-corrected chi connectivity index (χ4v) is 2.60. The van der Waals surface area contributed by atoms with E-state index in [-0.39, 0.29) is 0 Å². The predicted octanol–water partition coefficient (Wildman–Crippen LogP) is 1.42. The van der Waals surface area contributed by atoms with Crippen LogP contribution >= 0.6 is 0 Å². The van der Waals surface area contributed by atoms with Gasteiger partial charge in [-0.25, -0.2) is 0 Å². The van der Waals surface area contributed by atoms with E-state index in [2.05, 4.69) is 23.8 Å². The van der Waals surface area contributed by atoms with Gasteiger partial charge in [0.25, 0.3) is 0 Å². The number of rotatable bonds is 1. The molecule has 0 aromatic heterocycles. The van der Waals surface area contributed by atoms with Crippen LogP contribution in [0.25, 0.3) is 0 Å². The Labute approximate surface area is 81.9 Å². The highest BCUT2D eigenvalue weighted by Crippen LogP contribution is 2.22. The Kier molecular flexibility index (Phi) is 2.89. The molecule has 0 spiro atoms. The summed E-state index contributed by atoms with van der Waals surface area (Å²) in [7, 11) is 2.24. The van der Waals surface area contributed by atoms with Crippen LogP contribution in [0.15, 0.2) is 0 Å². The SMILES string of the molecule is CC1CCN([C@H]2CCN(C)C2)CC1. The van der Waals surface area contributed by atoms with Gasteiger partial charge in [0, 0.05) is 12.6 Å². The summed E-state index contributed by atoms with van der Waals surface area (Å²) in [5.41, 5.74) is 0. The Hall–Kier alpha value is -0.0800.